The Morgan fingerprint density at radius 3 is 2.74 bits per heavy atom. The average Bonchev–Trinajstić information content (AvgIpc) is 2.97. The fraction of sp³-hybridized carbons (Fsp3) is 0.600. The van der Waals surface area contributed by atoms with Crippen molar-refractivity contribution in [2.75, 3.05) is 20.4 Å². The van der Waals surface area contributed by atoms with Crippen molar-refractivity contribution >= 4 is 0 Å². The second kappa shape index (κ2) is 5.02. The number of ether oxygens (including phenoxy) is 2. The summed E-state index contributed by atoms with van der Waals surface area (Å²) in [5.74, 6) is 1.64. The van der Waals surface area contributed by atoms with E-state index in [4.69, 9.17) is 9.47 Å². The highest BCUT2D eigenvalue weighted by atomic mass is 16.7. The van der Waals surface area contributed by atoms with Crippen LogP contribution < -0.4 is 9.47 Å². The predicted molar refractivity (Wildman–Crippen MR) is 72.3 cm³/mol. The van der Waals surface area contributed by atoms with Gasteiger partial charge in [-0.3, -0.25) is 4.90 Å². The number of benzene rings is 1. The van der Waals surface area contributed by atoms with Crippen molar-refractivity contribution in [1.82, 2.24) is 4.90 Å². The van der Waals surface area contributed by atoms with Gasteiger partial charge in [-0.2, -0.15) is 0 Å². The molecule has 1 saturated carbocycles. The zero-order valence-corrected chi connectivity index (χ0v) is 11.4. The molecule has 0 saturated heterocycles. The van der Waals surface area contributed by atoms with Gasteiger partial charge >= 0.3 is 0 Å². The Morgan fingerprint density at radius 2 is 1.95 bits per heavy atom. The van der Waals surface area contributed by atoms with E-state index in [1.807, 2.05) is 12.1 Å². The van der Waals surface area contributed by atoms with E-state index in [1.165, 1.54) is 5.56 Å². The number of nitrogens with zero attached hydrogens (tertiary/aromatic N) is 1. The Kier molecular flexibility index (Phi) is 3.37. The van der Waals surface area contributed by atoms with E-state index in [-0.39, 0.29) is 0 Å². The van der Waals surface area contributed by atoms with Gasteiger partial charge in [-0.25, -0.2) is 0 Å². The maximum Gasteiger partial charge on any atom is 0.231 e. The first-order valence-electron chi connectivity index (χ1n) is 6.94. The zero-order chi connectivity index (χ0) is 13.3. The summed E-state index contributed by atoms with van der Waals surface area (Å²) in [5.41, 5.74) is 0.707. The topological polar surface area (TPSA) is 41.9 Å². The molecule has 4 nitrogen and oxygen atoms in total. The van der Waals surface area contributed by atoms with E-state index < -0.39 is 5.60 Å². The fourth-order valence-electron chi connectivity index (χ4n) is 3.10. The Bertz CT molecular complexity index is 455. The maximum absolute atomic E-state index is 10.4. The van der Waals surface area contributed by atoms with E-state index in [1.54, 1.807) is 0 Å². The van der Waals surface area contributed by atoms with Crippen LogP contribution in [0.5, 0.6) is 11.5 Å². The van der Waals surface area contributed by atoms with Crippen LogP contribution in [0.4, 0.5) is 0 Å². The monoisotopic (exact) mass is 263 g/mol. The molecule has 1 heterocycles. The van der Waals surface area contributed by atoms with Crippen LogP contribution >= 0.6 is 0 Å². The Morgan fingerprint density at radius 1 is 1.21 bits per heavy atom. The van der Waals surface area contributed by atoms with Crippen molar-refractivity contribution in [3.8, 4) is 11.5 Å². The van der Waals surface area contributed by atoms with Crippen LogP contribution in [-0.4, -0.2) is 36.0 Å². The van der Waals surface area contributed by atoms with Crippen molar-refractivity contribution in [3.05, 3.63) is 23.8 Å². The molecule has 1 aliphatic heterocycles. The van der Waals surface area contributed by atoms with E-state index >= 15 is 0 Å². The third kappa shape index (κ3) is 2.85. The second-order valence-corrected chi connectivity index (χ2v) is 5.79. The molecule has 1 aliphatic carbocycles. The first-order valence-corrected chi connectivity index (χ1v) is 6.94. The van der Waals surface area contributed by atoms with Gasteiger partial charge in [-0.15, -0.1) is 0 Å². The smallest absolute Gasteiger partial charge is 0.231 e. The van der Waals surface area contributed by atoms with Gasteiger partial charge in [0, 0.05) is 13.1 Å². The second-order valence-electron chi connectivity index (χ2n) is 5.79. The molecule has 0 radical (unpaired) electrons. The minimum atomic E-state index is -0.481. The summed E-state index contributed by atoms with van der Waals surface area (Å²) in [6.07, 6.45) is 4.15. The van der Waals surface area contributed by atoms with Gasteiger partial charge < -0.3 is 14.6 Å². The van der Waals surface area contributed by atoms with Crippen LogP contribution in [0.25, 0.3) is 0 Å². The highest BCUT2D eigenvalue weighted by Crippen LogP contribution is 2.33. The molecular weight excluding hydrogens is 242 g/mol. The van der Waals surface area contributed by atoms with E-state index in [9.17, 15) is 5.11 Å². The lowest BCUT2D eigenvalue weighted by Crippen LogP contribution is -2.38. The largest absolute Gasteiger partial charge is 0.454 e. The predicted octanol–water partition coefficient (Wildman–Crippen LogP) is 2.15. The van der Waals surface area contributed by atoms with Crippen LogP contribution in [0.3, 0.4) is 0 Å². The Hall–Kier alpha value is -1.26. The quantitative estimate of drug-likeness (QED) is 0.904. The zero-order valence-electron chi connectivity index (χ0n) is 11.4. The first-order chi connectivity index (χ1) is 9.15. The Labute approximate surface area is 113 Å². The van der Waals surface area contributed by atoms with E-state index in [2.05, 4.69) is 18.0 Å². The van der Waals surface area contributed by atoms with Crippen LogP contribution in [0.15, 0.2) is 18.2 Å². The first kappa shape index (κ1) is 12.8. The summed E-state index contributed by atoms with van der Waals surface area (Å²) >= 11 is 0. The molecule has 1 aromatic carbocycles. The van der Waals surface area contributed by atoms with Crippen LogP contribution in [0.2, 0.25) is 0 Å². The van der Waals surface area contributed by atoms with Crippen molar-refractivity contribution in [2.45, 2.75) is 37.8 Å². The molecule has 1 fully saturated rings. The molecule has 0 atom stereocenters. The van der Waals surface area contributed by atoms with Gasteiger partial charge in [0.05, 0.1) is 5.60 Å². The molecule has 0 bridgehead atoms. The number of likely N-dealkylation sites (N-methyl/N-ethyl adjacent to an activating group) is 1. The molecule has 0 spiro atoms. The molecule has 1 aromatic rings. The molecule has 1 N–H and O–H groups in total. The molecule has 0 amide bonds. The molecule has 2 aliphatic rings. The number of hydrogen-bond donors (Lipinski definition) is 1. The van der Waals surface area contributed by atoms with Gasteiger partial charge in [-0.05, 0) is 37.6 Å². The van der Waals surface area contributed by atoms with Crippen LogP contribution in [-0.2, 0) is 6.54 Å². The number of fused-ring (bicyclic) bond motifs is 1. The SMILES string of the molecule is CN(Cc1ccc2c(c1)OCO2)CC1(O)CCCC1. The van der Waals surface area contributed by atoms with Crippen molar-refractivity contribution in [3.63, 3.8) is 0 Å². The van der Waals surface area contributed by atoms with Crippen LogP contribution in [0.1, 0.15) is 31.2 Å². The normalized spacial score (nSPS) is 20.2. The van der Waals surface area contributed by atoms with Gasteiger partial charge in [0.1, 0.15) is 0 Å². The van der Waals surface area contributed by atoms with Gasteiger partial charge in [0.2, 0.25) is 6.79 Å². The van der Waals surface area contributed by atoms with Crippen molar-refractivity contribution < 1.29 is 14.6 Å². The third-order valence-electron chi connectivity index (χ3n) is 3.99. The highest BCUT2D eigenvalue weighted by molar-refractivity contribution is 5.44. The third-order valence-corrected chi connectivity index (χ3v) is 3.99. The minimum Gasteiger partial charge on any atom is -0.454 e. The van der Waals surface area contributed by atoms with Crippen LogP contribution in [0, 0.1) is 0 Å². The highest BCUT2D eigenvalue weighted by Gasteiger charge is 2.32. The van der Waals surface area contributed by atoms with Gasteiger partial charge in [0.15, 0.2) is 11.5 Å². The maximum atomic E-state index is 10.4. The summed E-state index contributed by atoms with van der Waals surface area (Å²) in [4.78, 5) is 2.18. The molecule has 19 heavy (non-hydrogen) atoms. The average molecular weight is 263 g/mol. The fourth-order valence-corrected chi connectivity index (χ4v) is 3.10. The lowest BCUT2D eigenvalue weighted by atomic mass is 10.0. The molecule has 3 rings (SSSR count). The van der Waals surface area contributed by atoms with E-state index in [0.29, 0.717) is 6.79 Å². The number of aliphatic hydroxyl groups is 1. The van der Waals surface area contributed by atoms with E-state index in [0.717, 1.165) is 50.3 Å². The number of rotatable bonds is 4. The lowest BCUT2D eigenvalue weighted by molar-refractivity contribution is 0.0145. The molecule has 0 aromatic heterocycles. The van der Waals surface area contributed by atoms with Gasteiger partial charge in [0.25, 0.3) is 0 Å². The molecular formula is C15H21NO3. The molecule has 0 unspecified atom stereocenters. The summed E-state index contributed by atoms with van der Waals surface area (Å²) < 4.78 is 10.7. The lowest BCUT2D eigenvalue weighted by Gasteiger charge is -2.28. The minimum absolute atomic E-state index is 0.314. The van der Waals surface area contributed by atoms with Gasteiger partial charge in [-0.1, -0.05) is 18.9 Å². The summed E-state index contributed by atoms with van der Waals surface area (Å²) in [5, 5.41) is 10.4. The molecule has 104 valence electrons. The molecule has 4 heteroatoms. The standard InChI is InChI=1S/C15H21NO3/c1-16(10-15(17)6-2-3-7-15)9-12-4-5-13-14(8-12)19-11-18-13/h4-5,8,17H,2-3,6-7,9-11H2,1H3. The summed E-state index contributed by atoms with van der Waals surface area (Å²) in [6, 6.07) is 6.04. The summed E-state index contributed by atoms with van der Waals surface area (Å²) in [6.45, 7) is 1.87. The summed E-state index contributed by atoms with van der Waals surface area (Å²) in [7, 11) is 2.06. The number of hydrogen-bond acceptors (Lipinski definition) is 4. The van der Waals surface area contributed by atoms with Crippen molar-refractivity contribution in [1.29, 1.82) is 0 Å². The Balaban J connectivity index is 1.61. The van der Waals surface area contributed by atoms with Crippen molar-refractivity contribution in [2.24, 2.45) is 0 Å².